The summed E-state index contributed by atoms with van der Waals surface area (Å²) < 4.78 is 23.5. The molecule has 0 aliphatic heterocycles. The normalized spacial score (nSPS) is 19.1. The number of allylic oxidation sites excluding steroid dienone is 3. The van der Waals surface area contributed by atoms with Crippen molar-refractivity contribution in [3.05, 3.63) is 72.0 Å². The van der Waals surface area contributed by atoms with E-state index >= 15 is 0 Å². The van der Waals surface area contributed by atoms with E-state index in [1.807, 2.05) is 42.5 Å². The molecule has 7 heteroatoms. The zero-order valence-electron chi connectivity index (χ0n) is 18.0. The van der Waals surface area contributed by atoms with E-state index in [4.69, 9.17) is 14.5 Å². The van der Waals surface area contributed by atoms with Gasteiger partial charge < -0.3 is 19.3 Å². The largest absolute Gasteiger partial charge is 0.616 e. The molecule has 31 heavy (non-hydrogen) atoms. The summed E-state index contributed by atoms with van der Waals surface area (Å²) in [6, 6.07) is 13.8. The highest BCUT2D eigenvalue weighted by Crippen LogP contribution is 2.46. The van der Waals surface area contributed by atoms with Crippen LogP contribution in [0.15, 0.2) is 60.7 Å². The van der Waals surface area contributed by atoms with Crippen molar-refractivity contribution >= 4 is 33.6 Å². The Morgan fingerprint density at radius 3 is 2.42 bits per heavy atom. The fourth-order valence-corrected chi connectivity index (χ4v) is 5.01. The van der Waals surface area contributed by atoms with Gasteiger partial charge in [-0.15, -0.1) is 0 Å². The van der Waals surface area contributed by atoms with Crippen LogP contribution in [0.5, 0.6) is 11.5 Å². The first-order chi connectivity index (χ1) is 15.0. The summed E-state index contributed by atoms with van der Waals surface area (Å²) in [6.45, 7) is 0. The Balaban J connectivity index is 1.96. The molecule has 0 radical (unpaired) electrons. The Labute approximate surface area is 185 Å². The third kappa shape index (κ3) is 3.75. The second-order valence-electron chi connectivity index (χ2n) is 7.31. The van der Waals surface area contributed by atoms with E-state index in [-0.39, 0.29) is 0 Å². The lowest BCUT2D eigenvalue weighted by molar-refractivity contribution is 0.355. The standard InChI is InChI=1S/C24H25N3O3S/c1-25-23-26-19-14-21(30-3)20(29-2)13-18(19)22(27-23)24(31(4)28)12-8-11-17(15-24)16-9-6-5-7-10-16/h5-14H,15H2,1-4H3,(H,25,26,27). The minimum atomic E-state index is -1.26. The van der Waals surface area contributed by atoms with Crippen molar-refractivity contribution in [2.24, 2.45) is 0 Å². The van der Waals surface area contributed by atoms with Gasteiger partial charge in [0.1, 0.15) is 5.69 Å². The Morgan fingerprint density at radius 2 is 1.77 bits per heavy atom. The third-order valence-corrected chi connectivity index (χ3v) is 7.10. The van der Waals surface area contributed by atoms with Crippen LogP contribution in [0.4, 0.5) is 5.95 Å². The molecule has 0 saturated carbocycles. The summed E-state index contributed by atoms with van der Waals surface area (Å²) in [4.78, 5) is 9.41. The summed E-state index contributed by atoms with van der Waals surface area (Å²) >= 11 is -1.26. The van der Waals surface area contributed by atoms with Crippen LogP contribution in [0.3, 0.4) is 0 Å². The second kappa shape index (κ2) is 8.61. The molecule has 0 bridgehead atoms. The summed E-state index contributed by atoms with van der Waals surface area (Å²) in [6.07, 6.45) is 8.33. The number of anilines is 1. The predicted molar refractivity (Wildman–Crippen MR) is 126 cm³/mol. The summed E-state index contributed by atoms with van der Waals surface area (Å²) in [5, 5.41) is 3.81. The fourth-order valence-electron chi connectivity index (χ4n) is 3.96. The average molecular weight is 436 g/mol. The average Bonchev–Trinajstić information content (AvgIpc) is 2.82. The highest BCUT2D eigenvalue weighted by molar-refractivity contribution is 7.91. The van der Waals surface area contributed by atoms with Crippen LogP contribution in [-0.2, 0) is 15.9 Å². The van der Waals surface area contributed by atoms with Crippen LogP contribution in [-0.4, -0.2) is 42.0 Å². The first-order valence-corrected chi connectivity index (χ1v) is 11.5. The van der Waals surface area contributed by atoms with E-state index in [1.54, 1.807) is 27.5 Å². The molecule has 0 saturated heterocycles. The van der Waals surface area contributed by atoms with E-state index < -0.39 is 15.9 Å². The van der Waals surface area contributed by atoms with Gasteiger partial charge in [-0.3, -0.25) is 0 Å². The molecule has 2 unspecified atom stereocenters. The maximum Gasteiger partial charge on any atom is 0.223 e. The molecule has 160 valence electrons. The zero-order chi connectivity index (χ0) is 22.0. The van der Waals surface area contributed by atoms with Crippen LogP contribution in [0.25, 0.3) is 16.5 Å². The summed E-state index contributed by atoms with van der Waals surface area (Å²) in [5.74, 6) is 1.62. The van der Waals surface area contributed by atoms with E-state index in [0.717, 1.165) is 16.5 Å². The number of benzene rings is 2. The van der Waals surface area contributed by atoms with Gasteiger partial charge >= 0.3 is 0 Å². The number of fused-ring (bicyclic) bond motifs is 1. The van der Waals surface area contributed by atoms with Crippen molar-refractivity contribution in [2.45, 2.75) is 11.2 Å². The van der Waals surface area contributed by atoms with E-state index in [2.05, 4.69) is 28.5 Å². The molecule has 1 aromatic heterocycles. The molecule has 1 heterocycles. The topological polar surface area (TPSA) is 79.3 Å². The molecule has 2 aromatic carbocycles. The van der Waals surface area contributed by atoms with Crippen molar-refractivity contribution in [1.29, 1.82) is 0 Å². The van der Waals surface area contributed by atoms with Crippen molar-refractivity contribution in [2.75, 3.05) is 32.8 Å². The lowest BCUT2D eigenvalue weighted by atomic mass is 9.85. The van der Waals surface area contributed by atoms with Gasteiger partial charge in [-0.05, 0) is 34.5 Å². The molecule has 0 amide bonds. The van der Waals surface area contributed by atoms with Crippen molar-refractivity contribution < 1.29 is 14.0 Å². The maximum atomic E-state index is 13.3. The molecule has 4 rings (SSSR count). The van der Waals surface area contributed by atoms with Crippen molar-refractivity contribution in [3.63, 3.8) is 0 Å². The molecule has 2 atom stereocenters. The highest BCUT2D eigenvalue weighted by atomic mass is 32.2. The zero-order valence-corrected chi connectivity index (χ0v) is 18.8. The van der Waals surface area contributed by atoms with E-state index in [0.29, 0.717) is 35.1 Å². The van der Waals surface area contributed by atoms with Crippen LogP contribution < -0.4 is 14.8 Å². The molecule has 3 aromatic rings. The van der Waals surface area contributed by atoms with Crippen LogP contribution >= 0.6 is 0 Å². The lowest BCUT2D eigenvalue weighted by Crippen LogP contribution is -2.36. The predicted octanol–water partition coefficient (Wildman–Crippen LogP) is 4.31. The smallest absolute Gasteiger partial charge is 0.223 e. The number of methoxy groups -OCH3 is 2. The molecule has 1 N–H and O–H groups in total. The van der Waals surface area contributed by atoms with Gasteiger partial charge in [0.15, 0.2) is 16.2 Å². The van der Waals surface area contributed by atoms with Gasteiger partial charge in [-0.1, -0.05) is 42.5 Å². The molecule has 6 nitrogen and oxygen atoms in total. The molecule has 0 spiro atoms. The van der Waals surface area contributed by atoms with Crippen LogP contribution in [0, 0.1) is 0 Å². The molecule has 1 aliphatic carbocycles. The third-order valence-electron chi connectivity index (χ3n) is 5.60. The summed E-state index contributed by atoms with van der Waals surface area (Å²) in [7, 11) is 4.96. The maximum absolute atomic E-state index is 13.3. The second-order valence-corrected chi connectivity index (χ2v) is 8.94. The number of hydrogen-bond acceptors (Lipinski definition) is 6. The summed E-state index contributed by atoms with van der Waals surface area (Å²) in [5.41, 5.74) is 3.60. The minimum absolute atomic E-state index is 0.462. The fraction of sp³-hybridized carbons (Fsp3) is 0.250. The number of rotatable bonds is 6. The first-order valence-electron chi connectivity index (χ1n) is 9.91. The highest BCUT2D eigenvalue weighted by Gasteiger charge is 2.45. The van der Waals surface area contributed by atoms with E-state index in [9.17, 15) is 4.55 Å². The molecular weight excluding hydrogens is 410 g/mol. The van der Waals surface area contributed by atoms with Gasteiger partial charge in [-0.2, -0.15) is 0 Å². The van der Waals surface area contributed by atoms with Crippen LogP contribution in [0.1, 0.15) is 17.7 Å². The molecule has 1 aliphatic rings. The Morgan fingerprint density at radius 1 is 1.06 bits per heavy atom. The van der Waals surface area contributed by atoms with Gasteiger partial charge in [0.05, 0.1) is 26.0 Å². The monoisotopic (exact) mass is 435 g/mol. The lowest BCUT2D eigenvalue weighted by Gasteiger charge is -2.34. The van der Waals surface area contributed by atoms with E-state index in [1.165, 1.54) is 0 Å². The van der Waals surface area contributed by atoms with Gasteiger partial charge in [-0.25, -0.2) is 9.97 Å². The molecule has 0 fully saturated rings. The van der Waals surface area contributed by atoms with Gasteiger partial charge in [0, 0.05) is 24.9 Å². The molecular formula is C24H25N3O3S. The Hall–Kier alpha value is -3.03. The number of hydrogen-bond donors (Lipinski definition) is 1. The Bertz CT molecular complexity index is 1160. The van der Waals surface area contributed by atoms with Gasteiger partial charge in [0.2, 0.25) is 5.95 Å². The van der Waals surface area contributed by atoms with Gasteiger partial charge in [0.25, 0.3) is 0 Å². The number of ether oxygens (including phenoxy) is 2. The quantitative estimate of drug-likeness (QED) is 0.582. The van der Waals surface area contributed by atoms with Crippen molar-refractivity contribution in [3.8, 4) is 11.5 Å². The number of nitrogens with one attached hydrogen (secondary N) is 1. The SMILES string of the molecule is CNc1nc(C2([S+](C)[O-])C=CC=C(c3ccccc3)C2)c2cc(OC)c(OC)cc2n1. The number of aromatic nitrogens is 2. The Kier molecular flexibility index (Phi) is 5.89. The minimum Gasteiger partial charge on any atom is -0.616 e. The number of nitrogens with zero attached hydrogens (tertiary/aromatic N) is 2. The van der Waals surface area contributed by atoms with Crippen LogP contribution in [0.2, 0.25) is 0 Å². The first kappa shape index (κ1) is 21.2. The van der Waals surface area contributed by atoms with Crippen molar-refractivity contribution in [1.82, 2.24) is 9.97 Å².